The van der Waals surface area contributed by atoms with E-state index in [4.69, 9.17) is 10.5 Å². The van der Waals surface area contributed by atoms with Crippen LogP contribution in [0.4, 0.5) is 0 Å². The Morgan fingerprint density at radius 2 is 1.72 bits per heavy atom. The number of benzene rings is 1. The van der Waals surface area contributed by atoms with Gasteiger partial charge in [0.1, 0.15) is 17.3 Å². The summed E-state index contributed by atoms with van der Waals surface area (Å²) < 4.78 is 7.21. The molecule has 0 amide bonds. The Morgan fingerprint density at radius 1 is 1.06 bits per heavy atom. The monoisotopic (exact) mass is 440 g/mol. The van der Waals surface area contributed by atoms with E-state index in [-0.39, 0.29) is 12.2 Å². The number of Topliss-reactive ketones (excluding diaryl/α,β-unsaturated/α-hetero) is 1. The summed E-state index contributed by atoms with van der Waals surface area (Å²) in [7, 11) is 1.81. The summed E-state index contributed by atoms with van der Waals surface area (Å²) in [5, 5.41) is 0. The molecule has 32 heavy (non-hydrogen) atoms. The highest BCUT2D eigenvalue weighted by Gasteiger charge is 2.43. The molecule has 2 N–H and O–H groups in total. The summed E-state index contributed by atoms with van der Waals surface area (Å²) in [4.78, 5) is 37.1. The summed E-state index contributed by atoms with van der Waals surface area (Å²) in [6, 6.07) is 13.1. The lowest BCUT2D eigenvalue weighted by atomic mass is 9.81. The van der Waals surface area contributed by atoms with Gasteiger partial charge in [-0.2, -0.15) is 0 Å². The predicted molar refractivity (Wildman–Crippen MR) is 125 cm³/mol. The van der Waals surface area contributed by atoms with Gasteiger partial charge in [-0.3, -0.25) is 9.59 Å². The summed E-state index contributed by atoms with van der Waals surface area (Å²) in [6.07, 6.45) is 4.03. The van der Waals surface area contributed by atoms with Crippen LogP contribution in [0.2, 0.25) is 0 Å². The SMILES string of the molecule is Cn1c(CC(N)C(C)(C=O)C(=O)OC(C)(C)C)ccc1C(=O)CCCCc1ccccc1. The van der Waals surface area contributed by atoms with Gasteiger partial charge in [0.25, 0.3) is 0 Å². The van der Waals surface area contributed by atoms with Gasteiger partial charge in [-0.25, -0.2) is 0 Å². The van der Waals surface area contributed by atoms with Crippen molar-refractivity contribution in [2.45, 2.75) is 71.4 Å². The highest BCUT2D eigenvalue weighted by atomic mass is 16.6. The third-order valence-corrected chi connectivity index (χ3v) is 5.76. The number of hydrogen-bond donors (Lipinski definition) is 1. The lowest BCUT2D eigenvalue weighted by Gasteiger charge is -2.31. The second-order valence-corrected chi connectivity index (χ2v) is 9.60. The third-order valence-electron chi connectivity index (χ3n) is 5.76. The molecule has 0 fully saturated rings. The van der Waals surface area contributed by atoms with Crippen LogP contribution < -0.4 is 5.73 Å². The van der Waals surface area contributed by atoms with Crippen LogP contribution in [0.15, 0.2) is 42.5 Å². The van der Waals surface area contributed by atoms with Gasteiger partial charge in [0.15, 0.2) is 5.78 Å². The van der Waals surface area contributed by atoms with Gasteiger partial charge in [0.05, 0.1) is 5.69 Å². The Balaban J connectivity index is 1.97. The second-order valence-electron chi connectivity index (χ2n) is 9.60. The van der Waals surface area contributed by atoms with Crippen molar-refractivity contribution in [2.75, 3.05) is 0 Å². The fourth-order valence-corrected chi connectivity index (χ4v) is 3.54. The van der Waals surface area contributed by atoms with Crippen LogP contribution in [0.3, 0.4) is 0 Å². The first-order valence-corrected chi connectivity index (χ1v) is 11.1. The van der Waals surface area contributed by atoms with Crippen LogP contribution in [0.1, 0.15) is 68.7 Å². The number of unbranched alkanes of at least 4 members (excludes halogenated alkanes) is 1. The Bertz CT molecular complexity index is 927. The van der Waals surface area contributed by atoms with Crippen molar-refractivity contribution >= 4 is 18.0 Å². The molecular weight excluding hydrogens is 404 g/mol. The molecule has 0 saturated heterocycles. The molecule has 2 unspecified atom stereocenters. The molecule has 0 aliphatic rings. The van der Waals surface area contributed by atoms with Crippen molar-refractivity contribution in [1.82, 2.24) is 4.57 Å². The topological polar surface area (TPSA) is 91.4 Å². The smallest absolute Gasteiger partial charge is 0.321 e. The summed E-state index contributed by atoms with van der Waals surface area (Å²) in [6.45, 7) is 6.74. The number of aryl methyl sites for hydroxylation is 1. The van der Waals surface area contributed by atoms with E-state index in [1.807, 2.05) is 31.3 Å². The molecule has 0 bridgehead atoms. The normalized spacial score (nSPS) is 14.4. The number of nitrogens with zero attached hydrogens (tertiary/aromatic N) is 1. The molecule has 2 rings (SSSR count). The number of carbonyl (C=O) groups excluding carboxylic acids is 3. The number of ether oxygens (including phenoxy) is 1. The first kappa shape index (κ1) is 25.5. The van der Waals surface area contributed by atoms with Crippen molar-refractivity contribution in [3.05, 3.63) is 59.4 Å². The highest BCUT2D eigenvalue weighted by Crippen LogP contribution is 2.26. The van der Waals surface area contributed by atoms with E-state index in [1.165, 1.54) is 12.5 Å². The average Bonchev–Trinajstić information content (AvgIpc) is 3.10. The van der Waals surface area contributed by atoms with Crippen LogP contribution in [-0.4, -0.2) is 34.2 Å². The number of nitrogens with two attached hydrogens (primary N) is 1. The summed E-state index contributed by atoms with van der Waals surface area (Å²) in [5.41, 5.74) is 6.78. The van der Waals surface area contributed by atoms with Crippen LogP contribution in [0.5, 0.6) is 0 Å². The third kappa shape index (κ3) is 6.63. The largest absolute Gasteiger partial charge is 0.459 e. The Labute approximate surface area is 191 Å². The molecular formula is C26H36N2O4. The van der Waals surface area contributed by atoms with E-state index < -0.39 is 23.0 Å². The van der Waals surface area contributed by atoms with E-state index in [9.17, 15) is 14.4 Å². The molecule has 0 saturated carbocycles. The Hall–Kier alpha value is -2.73. The van der Waals surface area contributed by atoms with Crippen LogP contribution in [-0.2, 0) is 34.2 Å². The van der Waals surface area contributed by atoms with Gasteiger partial charge >= 0.3 is 5.97 Å². The van der Waals surface area contributed by atoms with Crippen LogP contribution >= 0.6 is 0 Å². The number of rotatable bonds is 11. The van der Waals surface area contributed by atoms with Crippen LogP contribution in [0, 0.1) is 5.41 Å². The maximum atomic E-state index is 12.7. The number of aldehydes is 1. The van der Waals surface area contributed by atoms with E-state index >= 15 is 0 Å². The zero-order valence-electron chi connectivity index (χ0n) is 19.9. The van der Waals surface area contributed by atoms with Gasteiger partial charge in [0, 0.05) is 31.6 Å². The number of aromatic nitrogens is 1. The quantitative estimate of drug-likeness (QED) is 0.187. The summed E-state index contributed by atoms with van der Waals surface area (Å²) >= 11 is 0. The van der Waals surface area contributed by atoms with E-state index in [2.05, 4.69) is 12.1 Å². The van der Waals surface area contributed by atoms with Crippen molar-refractivity contribution in [2.24, 2.45) is 18.2 Å². The second kappa shape index (κ2) is 10.7. The average molecular weight is 441 g/mol. The molecule has 0 radical (unpaired) electrons. The molecule has 2 atom stereocenters. The fourth-order valence-electron chi connectivity index (χ4n) is 3.54. The predicted octanol–water partition coefficient (Wildman–Crippen LogP) is 4.04. The van der Waals surface area contributed by atoms with Gasteiger partial charge < -0.3 is 19.8 Å². The molecule has 1 heterocycles. The Morgan fingerprint density at radius 3 is 2.31 bits per heavy atom. The Kier molecular flexibility index (Phi) is 8.56. The summed E-state index contributed by atoms with van der Waals surface area (Å²) in [5.74, 6) is -0.568. The minimum Gasteiger partial charge on any atom is -0.459 e. The number of esters is 1. The van der Waals surface area contributed by atoms with Crippen molar-refractivity contribution in [1.29, 1.82) is 0 Å². The van der Waals surface area contributed by atoms with Crippen molar-refractivity contribution < 1.29 is 19.1 Å². The number of hydrogen-bond acceptors (Lipinski definition) is 5. The fraction of sp³-hybridized carbons (Fsp3) is 0.500. The minimum atomic E-state index is -1.47. The minimum absolute atomic E-state index is 0.0747. The van der Waals surface area contributed by atoms with E-state index in [0.29, 0.717) is 18.4 Å². The standard InChI is InChI=1S/C26H36N2O4/c1-25(2,3)32-24(31)26(4,18-29)23(27)17-20-15-16-21(28(20)5)22(30)14-10-9-13-19-11-7-6-8-12-19/h6-8,11-12,15-16,18,23H,9-10,13-14,17,27H2,1-5H3. The molecule has 1 aromatic heterocycles. The zero-order valence-corrected chi connectivity index (χ0v) is 19.9. The zero-order chi connectivity index (χ0) is 23.9. The van der Waals surface area contributed by atoms with Crippen LogP contribution in [0.25, 0.3) is 0 Å². The molecule has 0 spiro atoms. The number of ketones is 1. The first-order chi connectivity index (χ1) is 15.0. The molecule has 2 aromatic rings. The lowest BCUT2D eigenvalue weighted by Crippen LogP contribution is -2.50. The van der Waals surface area contributed by atoms with Gasteiger partial charge in [-0.15, -0.1) is 0 Å². The molecule has 0 aliphatic heterocycles. The maximum Gasteiger partial charge on any atom is 0.321 e. The molecule has 6 nitrogen and oxygen atoms in total. The van der Waals surface area contributed by atoms with Gasteiger partial charge in [-0.05, 0) is 64.7 Å². The molecule has 1 aromatic carbocycles. The van der Waals surface area contributed by atoms with Crippen molar-refractivity contribution in [3.63, 3.8) is 0 Å². The number of carbonyl (C=O) groups is 3. The molecule has 0 aliphatic carbocycles. The van der Waals surface area contributed by atoms with Crippen molar-refractivity contribution in [3.8, 4) is 0 Å². The highest BCUT2D eigenvalue weighted by molar-refractivity contribution is 5.95. The van der Waals surface area contributed by atoms with E-state index in [0.717, 1.165) is 25.0 Å². The molecule has 174 valence electrons. The maximum absolute atomic E-state index is 12.7. The van der Waals surface area contributed by atoms with E-state index in [1.54, 1.807) is 31.4 Å². The van der Waals surface area contributed by atoms with Gasteiger partial charge in [-0.1, -0.05) is 30.3 Å². The van der Waals surface area contributed by atoms with Gasteiger partial charge in [0.2, 0.25) is 0 Å². The first-order valence-electron chi connectivity index (χ1n) is 11.1. The lowest BCUT2D eigenvalue weighted by molar-refractivity contribution is -0.168. The molecule has 6 heteroatoms.